The molecule has 1 aromatic carbocycles. The fraction of sp³-hybridized carbons (Fsp3) is 0.211. The van der Waals surface area contributed by atoms with Crippen LogP contribution in [0.3, 0.4) is 0 Å². The second-order valence-electron chi connectivity index (χ2n) is 6.20. The Labute approximate surface area is 223 Å². The van der Waals surface area contributed by atoms with E-state index in [1.807, 2.05) is 6.92 Å². The molecule has 0 saturated carbocycles. The number of nitrogens with one attached hydrogen (secondary N) is 1. The van der Waals surface area contributed by atoms with Crippen LogP contribution in [0.25, 0.3) is 10.6 Å². The zero-order valence-corrected chi connectivity index (χ0v) is 21.0. The first-order chi connectivity index (χ1) is 13.8. The molecule has 0 aliphatic rings. The molecule has 11 heteroatoms. The number of phenols is 2. The largest absolute Gasteiger partial charge is 0.508 e. The molecule has 2 heterocycles. The van der Waals surface area contributed by atoms with Crippen molar-refractivity contribution >= 4 is 91.9 Å². The third kappa shape index (κ3) is 5.85. The van der Waals surface area contributed by atoms with Gasteiger partial charge in [0.05, 0.1) is 11.3 Å². The van der Waals surface area contributed by atoms with E-state index in [1.54, 1.807) is 10.8 Å². The number of aromatic carboxylic acids is 1. The number of rotatable bonds is 7. The quantitative estimate of drug-likeness (QED) is 0.388. The van der Waals surface area contributed by atoms with E-state index in [-0.39, 0.29) is 91.6 Å². The maximum absolute atomic E-state index is 12.3. The first kappa shape index (κ1) is 24.9. The minimum atomic E-state index is -1.11. The molecular weight excluding hydrogens is 457 g/mol. The number of carboxylic acids is 1. The second kappa shape index (κ2) is 10.8. The fourth-order valence-corrected chi connectivity index (χ4v) is 4.04. The zero-order valence-electron chi connectivity index (χ0n) is 16.3. The van der Waals surface area contributed by atoms with Crippen LogP contribution >= 0.6 is 22.9 Å². The number of hydrogen-bond acceptors (Lipinski definition) is 6. The molecule has 0 saturated heterocycles. The maximum atomic E-state index is 12.3. The monoisotopic (exact) mass is 474 g/mol. The Balaban J connectivity index is 0.00000320. The van der Waals surface area contributed by atoms with Crippen molar-refractivity contribution in [2.24, 2.45) is 0 Å². The van der Waals surface area contributed by atoms with E-state index in [4.69, 9.17) is 11.6 Å². The van der Waals surface area contributed by atoms with Crippen molar-refractivity contribution in [2.45, 2.75) is 26.3 Å². The van der Waals surface area contributed by atoms with Crippen molar-refractivity contribution < 1.29 is 24.9 Å². The van der Waals surface area contributed by atoms with Crippen LogP contribution in [0.4, 0.5) is 5.69 Å². The molecule has 0 bridgehead atoms. The molecule has 153 valence electrons. The van der Waals surface area contributed by atoms with Gasteiger partial charge in [0.2, 0.25) is 5.91 Å². The van der Waals surface area contributed by atoms with E-state index in [9.17, 15) is 24.9 Å². The van der Waals surface area contributed by atoms with E-state index in [2.05, 4.69) is 10.3 Å². The number of aromatic hydroxyl groups is 2. The van der Waals surface area contributed by atoms with Gasteiger partial charge < -0.3 is 25.2 Å². The van der Waals surface area contributed by atoms with Crippen LogP contribution in [0.5, 0.6) is 11.5 Å². The normalized spacial score (nSPS) is 10.5. The van der Waals surface area contributed by atoms with Crippen molar-refractivity contribution in [2.75, 3.05) is 5.32 Å². The molecule has 3 rings (SSSR count). The van der Waals surface area contributed by atoms with Gasteiger partial charge in [-0.1, -0.05) is 11.6 Å². The van der Waals surface area contributed by atoms with Crippen LogP contribution in [-0.4, -0.2) is 88.1 Å². The molecule has 0 aliphatic carbocycles. The molecule has 0 atom stereocenters. The Bertz CT molecular complexity index is 1080. The van der Waals surface area contributed by atoms with Crippen molar-refractivity contribution in [1.29, 1.82) is 0 Å². The topological polar surface area (TPSA) is 125 Å². The SMILES string of the molecule is CCn1cc(NC(=O)CCc2sc(-c3ccc(O)cc3O)nc2Cl)c(C(=O)O)c1.[K]. The Morgan fingerprint density at radius 1 is 1.27 bits per heavy atom. The van der Waals surface area contributed by atoms with Gasteiger partial charge in [0, 0.05) is 87.7 Å². The van der Waals surface area contributed by atoms with Gasteiger partial charge >= 0.3 is 5.97 Å². The fourth-order valence-electron chi connectivity index (χ4n) is 2.70. The molecule has 0 fully saturated rings. The van der Waals surface area contributed by atoms with E-state index in [1.165, 1.54) is 35.7 Å². The first-order valence-corrected chi connectivity index (χ1v) is 9.88. The van der Waals surface area contributed by atoms with E-state index < -0.39 is 5.97 Å². The number of carboxylic acid groups (broad SMARTS) is 1. The van der Waals surface area contributed by atoms with Crippen molar-refractivity contribution in [3.8, 4) is 22.1 Å². The third-order valence-electron chi connectivity index (χ3n) is 4.19. The van der Waals surface area contributed by atoms with Gasteiger partial charge in [0.1, 0.15) is 27.2 Å². The van der Waals surface area contributed by atoms with E-state index in [0.717, 1.165) is 0 Å². The predicted molar refractivity (Wildman–Crippen MR) is 116 cm³/mol. The summed E-state index contributed by atoms with van der Waals surface area (Å²) in [5, 5.41) is 31.9. The summed E-state index contributed by atoms with van der Waals surface area (Å²) in [6.45, 7) is 2.45. The molecule has 8 nitrogen and oxygen atoms in total. The van der Waals surface area contributed by atoms with Crippen molar-refractivity contribution in [1.82, 2.24) is 9.55 Å². The Morgan fingerprint density at radius 3 is 2.63 bits per heavy atom. The Kier molecular flexibility index (Phi) is 8.92. The van der Waals surface area contributed by atoms with Gasteiger partial charge in [-0.25, -0.2) is 9.78 Å². The summed E-state index contributed by atoms with van der Waals surface area (Å²) >= 11 is 7.40. The Hall–Kier alpha value is -1.40. The van der Waals surface area contributed by atoms with Gasteiger partial charge in [-0.15, -0.1) is 11.3 Å². The van der Waals surface area contributed by atoms with Crippen LogP contribution in [0.2, 0.25) is 5.15 Å². The molecule has 0 aliphatic heterocycles. The summed E-state index contributed by atoms with van der Waals surface area (Å²) < 4.78 is 1.68. The average Bonchev–Trinajstić information content (AvgIpc) is 3.23. The number of hydrogen-bond donors (Lipinski definition) is 4. The average molecular weight is 475 g/mol. The summed E-state index contributed by atoms with van der Waals surface area (Å²) in [7, 11) is 0. The molecule has 0 spiro atoms. The van der Waals surface area contributed by atoms with Gasteiger partial charge in [-0.3, -0.25) is 4.79 Å². The number of nitrogens with zero attached hydrogens (tertiary/aromatic N) is 2. The van der Waals surface area contributed by atoms with Crippen molar-refractivity contribution in [3.05, 3.63) is 46.2 Å². The minimum absolute atomic E-state index is 0. The number of carbonyl (C=O) groups excluding carboxylic acids is 1. The van der Waals surface area contributed by atoms with Crippen LogP contribution in [-0.2, 0) is 17.8 Å². The summed E-state index contributed by atoms with van der Waals surface area (Å²) in [5.74, 6) is -1.65. The minimum Gasteiger partial charge on any atom is -0.508 e. The number of thiazole rings is 1. The van der Waals surface area contributed by atoms with Gasteiger partial charge in [-0.2, -0.15) is 0 Å². The van der Waals surface area contributed by atoms with Gasteiger partial charge in [0.15, 0.2) is 0 Å². The van der Waals surface area contributed by atoms with Gasteiger partial charge in [-0.05, 0) is 25.5 Å². The first-order valence-electron chi connectivity index (χ1n) is 8.69. The number of anilines is 1. The molecular formula is C19H18ClKN3O5S. The molecule has 1 radical (unpaired) electrons. The molecule has 1 amide bonds. The summed E-state index contributed by atoms with van der Waals surface area (Å²) in [4.78, 5) is 28.5. The molecule has 2 aromatic heterocycles. The third-order valence-corrected chi connectivity index (χ3v) is 5.76. The number of benzene rings is 1. The molecule has 0 unspecified atom stereocenters. The van der Waals surface area contributed by atoms with Crippen molar-refractivity contribution in [3.63, 3.8) is 0 Å². The standard InChI is InChI=1S/C19H18ClN3O5S.K/c1-2-23-8-12(19(27)28)13(9-23)21-16(26)6-5-15-17(20)22-18(29-15)11-4-3-10(24)7-14(11)25;/h3-4,7-9,24-25H,2,5-6H2,1H3,(H,21,26)(H,27,28);. The van der Waals surface area contributed by atoms with Crippen LogP contribution in [0, 0.1) is 0 Å². The number of aromatic nitrogens is 2. The second-order valence-corrected chi connectivity index (χ2v) is 7.65. The summed E-state index contributed by atoms with van der Waals surface area (Å²) in [6.07, 6.45) is 3.43. The van der Waals surface area contributed by atoms with Crippen LogP contribution in [0.1, 0.15) is 28.6 Å². The zero-order chi connectivity index (χ0) is 21.1. The number of halogens is 1. The smallest absolute Gasteiger partial charge is 0.339 e. The maximum Gasteiger partial charge on any atom is 0.339 e. The Morgan fingerprint density at radius 2 is 2.00 bits per heavy atom. The molecule has 4 N–H and O–H groups in total. The van der Waals surface area contributed by atoms with E-state index >= 15 is 0 Å². The molecule has 30 heavy (non-hydrogen) atoms. The van der Waals surface area contributed by atoms with Gasteiger partial charge in [0.25, 0.3) is 0 Å². The van der Waals surface area contributed by atoms with Crippen LogP contribution < -0.4 is 5.32 Å². The predicted octanol–water partition coefficient (Wildman–Crippen LogP) is 3.58. The summed E-state index contributed by atoms with van der Waals surface area (Å²) in [6, 6.07) is 4.17. The number of carbonyl (C=O) groups is 2. The summed E-state index contributed by atoms with van der Waals surface area (Å²) in [5.41, 5.74) is 0.702. The number of aryl methyl sites for hydroxylation is 2. The number of phenolic OH excluding ortho intramolecular Hbond substituents is 2. The molecule has 3 aromatic rings. The van der Waals surface area contributed by atoms with Crippen LogP contribution in [0.15, 0.2) is 30.6 Å². The van der Waals surface area contributed by atoms with E-state index in [0.29, 0.717) is 28.4 Å². The number of amides is 1.